The fraction of sp³-hybridized carbons (Fsp3) is 0.533. The Morgan fingerprint density at radius 1 is 1.42 bits per heavy atom. The Hall–Kier alpha value is -1.55. The number of aliphatic hydroxyl groups excluding tert-OH is 1. The van der Waals surface area contributed by atoms with Gasteiger partial charge in [0.05, 0.1) is 25.7 Å². The maximum atomic E-state index is 12.0. The third kappa shape index (κ3) is 3.70. The van der Waals surface area contributed by atoms with Gasteiger partial charge in [-0.1, -0.05) is 17.7 Å². The van der Waals surface area contributed by atoms with Crippen LogP contribution in [0.3, 0.4) is 0 Å². The Kier molecular flexibility index (Phi) is 4.80. The van der Waals surface area contributed by atoms with Crippen LogP contribution in [0, 0.1) is 6.92 Å². The predicted octanol–water partition coefficient (Wildman–Crippen LogP) is 1.75. The van der Waals surface area contributed by atoms with Crippen molar-refractivity contribution in [1.29, 1.82) is 0 Å². The molecule has 0 spiro atoms. The van der Waals surface area contributed by atoms with Gasteiger partial charge in [-0.3, -0.25) is 4.79 Å². The summed E-state index contributed by atoms with van der Waals surface area (Å²) in [4.78, 5) is 13.8. The second-order valence-corrected chi connectivity index (χ2v) is 4.98. The number of carbonyl (C=O) groups excluding carboxylic acids is 1. The van der Waals surface area contributed by atoms with Crippen molar-refractivity contribution in [2.24, 2.45) is 0 Å². The van der Waals surface area contributed by atoms with Crippen LogP contribution in [0.4, 0.5) is 0 Å². The van der Waals surface area contributed by atoms with Crippen LogP contribution in [0.5, 0.6) is 5.75 Å². The van der Waals surface area contributed by atoms with Gasteiger partial charge in [0, 0.05) is 6.54 Å². The third-order valence-electron chi connectivity index (χ3n) is 3.51. The Balaban J connectivity index is 1.76. The van der Waals surface area contributed by atoms with Crippen LogP contribution >= 0.6 is 0 Å². The van der Waals surface area contributed by atoms with E-state index in [0.29, 0.717) is 13.0 Å². The summed E-state index contributed by atoms with van der Waals surface area (Å²) in [7, 11) is 0. The van der Waals surface area contributed by atoms with Gasteiger partial charge in [-0.05, 0) is 31.9 Å². The number of hydrogen-bond acceptors (Lipinski definition) is 3. The van der Waals surface area contributed by atoms with Gasteiger partial charge in [-0.2, -0.15) is 0 Å². The highest BCUT2D eigenvalue weighted by molar-refractivity contribution is 5.77. The van der Waals surface area contributed by atoms with Gasteiger partial charge < -0.3 is 14.7 Å². The van der Waals surface area contributed by atoms with E-state index in [0.717, 1.165) is 25.1 Å². The molecule has 0 radical (unpaired) electrons. The van der Waals surface area contributed by atoms with Crippen LogP contribution in [0.2, 0.25) is 0 Å². The fourth-order valence-electron chi connectivity index (χ4n) is 2.39. The Morgan fingerprint density at radius 2 is 2.16 bits per heavy atom. The van der Waals surface area contributed by atoms with Crippen LogP contribution < -0.4 is 4.74 Å². The van der Waals surface area contributed by atoms with Crippen LogP contribution in [0.25, 0.3) is 0 Å². The molecule has 1 amide bonds. The molecule has 19 heavy (non-hydrogen) atoms. The minimum Gasteiger partial charge on any atom is -0.493 e. The average molecular weight is 263 g/mol. The lowest BCUT2D eigenvalue weighted by atomic mass is 10.2. The van der Waals surface area contributed by atoms with Gasteiger partial charge in [0.1, 0.15) is 5.75 Å². The largest absolute Gasteiger partial charge is 0.493 e. The molecule has 1 aliphatic rings. The van der Waals surface area contributed by atoms with Gasteiger partial charge in [0.15, 0.2) is 0 Å². The minimum atomic E-state index is 0.00637. The summed E-state index contributed by atoms with van der Waals surface area (Å²) in [5, 5.41) is 9.19. The van der Waals surface area contributed by atoms with Gasteiger partial charge >= 0.3 is 0 Å². The molecule has 4 nitrogen and oxygen atoms in total. The Morgan fingerprint density at radius 3 is 2.84 bits per heavy atom. The number of nitrogens with zero attached hydrogens (tertiary/aromatic N) is 1. The summed E-state index contributed by atoms with van der Waals surface area (Å²) in [6, 6.07) is 7.80. The van der Waals surface area contributed by atoms with Crippen molar-refractivity contribution in [3.8, 4) is 5.75 Å². The highest BCUT2D eigenvalue weighted by Gasteiger charge is 2.27. The maximum Gasteiger partial charge on any atom is 0.226 e. The highest BCUT2D eigenvalue weighted by atomic mass is 16.5. The van der Waals surface area contributed by atoms with E-state index < -0.39 is 0 Å². The van der Waals surface area contributed by atoms with Crippen molar-refractivity contribution in [1.82, 2.24) is 4.90 Å². The van der Waals surface area contributed by atoms with Crippen LogP contribution in [-0.4, -0.2) is 41.7 Å². The molecule has 0 aromatic heterocycles. The van der Waals surface area contributed by atoms with E-state index in [4.69, 9.17) is 4.74 Å². The van der Waals surface area contributed by atoms with E-state index in [1.165, 1.54) is 5.56 Å². The van der Waals surface area contributed by atoms with Crippen molar-refractivity contribution in [2.45, 2.75) is 32.2 Å². The van der Waals surface area contributed by atoms with Gasteiger partial charge in [-0.25, -0.2) is 0 Å². The lowest BCUT2D eigenvalue weighted by Gasteiger charge is -2.23. The molecule has 1 fully saturated rings. The molecule has 4 heteroatoms. The summed E-state index contributed by atoms with van der Waals surface area (Å²) in [6.45, 7) is 3.23. The summed E-state index contributed by atoms with van der Waals surface area (Å²) >= 11 is 0. The van der Waals surface area contributed by atoms with Gasteiger partial charge in [-0.15, -0.1) is 0 Å². The first-order valence-electron chi connectivity index (χ1n) is 6.80. The number of likely N-dealkylation sites (tertiary alicyclic amines) is 1. The molecule has 2 rings (SSSR count). The van der Waals surface area contributed by atoms with Crippen molar-refractivity contribution < 1.29 is 14.6 Å². The first kappa shape index (κ1) is 13.9. The molecule has 0 saturated carbocycles. The smallest absolute Gasteiger partial charge is 0.226 e. The van der Waals surface area contributed by atoms with E-state index in [1.54, 1.807) is 4.90 Å². The van der Waals surface area contributed by atoms with Crippen molar-refractivity contribution >= 4 is 5.91 Å². The zero-order valence-corrected chi connectivity index (χ0v) is 11.3. The molecular formula is C15H21NO3. The quantitative estimate of drug-likeness (QED) is 0.880. The maximum absolute atomic E-state index is 12.0. The van der Waals surface area contributed by atoms with Crippen molar-refractivity contribution in [2.75, 3.05) is 19.8 Å². The number of rotatable bonds is 5. The van der Waals surface area contributed by atoms with Crippen LogP contribution in [0.1, 0.15) is 24.8 Å². The fourth-order valence-corrected chi connectivity index (χ4v) is 2.39. The molecule has 104 valence electrons. The zero-order chi connectivity index (χ0) is 13.7. The first-order chi connectivity index (χ1) is 9.20. The lowest BCUT2D eigenvalue weighted by molar-refractivity contribution is -0.133. The van der Waals surface area contributed by atoms with E-state index in [9.17, 15) is 9.90 Å². The van der Waals surface area contributed by atoms with Crippen molar-refractivity contribution in [3.63, 3.8) is 0 Å². The highest BCUT2D eigenvalue weighted by Crippen LogP contribution is 2.18. The number of hydrogen-bond donors (Lipinski definition) is 1. The van der Waals surface area contributed by atoms with Gasteiger partial charge in [0.2, 0.25) is 5.91 Å². The molecule has 1 aromatic rings. The number of aryl methyl sites for hydroxylation is 1. The topological polar surface area (TPSA) is 49.8 Å². The SMILES string of the molecule is Cc1ccc(OCCC(=O)N2CCC[C@@H]2CO)cc1. The van der Waals surface area contributed by atoms with Crippen LogP contribution in [-0.2, 0) is 4.79 Å². The molecule has 1 N–H and O–H groups in total. The summed E-state index contributed by atoms with van der Waals surface area (Å²) in [5.41, 5.74) is 1.19. The van der Waals surface area contributed by atoms with E-state index in [-0.39, 0.29) is 18.6 Å². The zero-order valence-electron chi connectivity index (χ0n) is 11.3. The number of carbonyl (C=O) groups is 1. The van der Waals surface area contributed by atoms with E-state index in [1.807, 2.05) is 31.2 Å². The molecular weight excluding hydrogens is 242 g/mol. The first-order valence-corrected chi connectivity index (χ1v) is 6.80. The standard InChI is InChI=1S/C15H21NO3/c1-12-4-6-14(7-5-12)19-10-8-15(18)16-9-2-3-13(16)11-17/h4-7,13,17H,2-3,8-11H2,1H3/t13-/m1/s1. The molecule has 0 aliphatic carbocycles. The lowest BCUT2D eigenvalue weighted by Crippen LogP contribution is -2.38. The van der Waals surface area contributed by atoms with E-state index in [2.05, 4.69) is 0 Å². The Labute approximate surface area is 114 Å². The number of aliphatic hydroxyl groups is 1. The summed E-state index contributed by atoms with van der Waals surface area (Å²) in [5.74, 6) is 0.863. The monoisotopic (exact) mass is 263 g/mol. The normalized spacial score (nSPS) is 18.6. The van der Waals surface area contributed by atoms with Crippen molar-refractivity contribution in [3.05, 3.63) is 29.8 Å². The van der Waals surface area contributed by atoms with Gasteiger partial charge in [0.25, 0.3) is 0 Å². The average Bonchev–Trinajstić information content (AvgIpc) is 2.89. The number of benzene rings is 1. The molecule has 1 aromatic carbocycles. The second-order valence-electron chi connectivity index (χ2n) is 4.98. The Bertz CT molecular complexity index is 416. The molecule has 1 atom stereocenters. The van der Waals surface area contributed by atoms with E-state index >= 15 is 0 Å². The minimum absolute atomic E-state index is 0.00637. The molecule has 1 saturated heterocycles. The van der Waals surface area contributed by atoms with Crippen LogP contribution in [0.15, 0.2) is 24.3 Å². The second kappa shape index (κ2) is 6.57. The summed E-state index contributed by atoms with van der Waals surface area (Å²) in [6.07, 6.45) is 2.25. The number of ether oxygens (including phenoxy) is 1. The number of amides is 1. The molecule has 1 aliphatic heterocycles. The molecule has 0 bridgehead atoms. The summed E-state index contributed by atoms with van der Waals surface area (Å²) < 4.78 is 5.55. The third-order valence-corrected chi connectivity index (χ3v) is 3.51. The predicted molar refractivity (Wildman–Crippen MR) is 73.1 cm³/mol. The molecule has 0 unspecified atom stereocenters. The molecule has 1 heterocycles.